The number of hydrogen-bond acceptors (Lipinski definition) is 3. The van der Waals surface area contributed by atoms with E-state index < -0.39 is 5.60 Å². The van der Waals surface area contributed by atoms with Gasteiger partial charge in [-0.25, -0.2) is 0 Å². The van der Waals surface area contributed by atoms with Crippen molar-refractivity contribution < 1.29 is 9.84 Å². The lowest BCUT2D eigenvalue weighted by atomic mass is 10.0. The van der Waals surface area contributed by atoms with E-state index in [1.54, 1.807) is 18.2 Å². The van der Waals surface area contributed by atoms with Crippen LogP contribution in [0.25, 0.3) is 0 Å². The third-order valence-corrected chi connectivity index (χ3v) is 3.04. The van der Waals surface area contributed by atoms with E-state index in [-0.39, 0.29) is 6.61 Å². The van der Waals surface area contributed by atoms with Gasteiger partial charge in [0.1, 0.15) is 18.4 Å². The number of aliphatic hydroxyl groups is 1. The maximum absolute atomic E-state index is 10.1. The lowest BCUT2D eigenvalue weighted by Crippen LogP contribution is -2.32. The predicted molar refractivity (Wildman–Crippen MR) is 60.1 cm³/mol. The Morgan fingerprint density at radius 2 is 2.00 bits per heavy atom. The van der Waals surface area contributed by atoms with Crippen LogP contribution < -0.4 is 4.74 Å². The van der Waals surface area contributed by atoms with Crippen LogP contribution in [0.1, 0.15) is 31.2 Å². The van der Waals surface area contributed by atoms with E-state index in [0.29, 0.717) is 11.3 Å². The first-order valence-corrected chi connectivity index (χ1v) is 5.58. The molecule has 0 heterocycles. The van der Waals surface area contributed by atoms with E-state index in [2.05, 4.69) is 6.07 Å². The minimum atomic E-state index is -0.692. The van der Waals surface area contributed by atoms with Crippen LogP contribution in [-0.2, 0) is 0 Å². The van der Waals surface area contributed by atoms with Crippen molar-refractivity contribution >= 4 is 0 Å². The molecule has 16 heavy (non-hydrogen) atoms. The van der Waals surface area contributed by atoms with E-state index in [9.17, 15) is 5.11 Å². The fourth-order valence-electron chi connectivity index (χ4n) is 2.07. The van der Waals surface area contributed by atoms with Crippen LogP contribution in [-0.4, -0.2) is 17.3 Å². The molecule has 0 unspecified atom stereocenters. The first kappa shape index (κ1) is 11.0. The van der Waals surface area contributed by atoms with Crippen LogP contribution in [0, 0.1) is 11.3 Å². The summed E-state index contributed by atoms with van der Waals surface area (Å²) in [6.45, 7) is 0.283. The topological polar surface area (TPSA) is 53.2 Å². The van der Waals surface area contributed by atoms with Gasteiger partial charge >= 0.3 is 0 Å². The van der Waals surface area contributed by atoms with Crippen molar-refractivity contribution in [1.29, 1.82) is 5.26 Å². The zero-order valence-corrected chi connectivity index (χ0v) is 9.15. The maximum atomic E-state index is 10.1. The fraction of sp³-hybridized carbons (Fsp3) is 0.462. The van der Waals surface area contributed by atoms with Gasteiger partial charge in [0, 0.05) is 0 Å². The Morgan fingerprint density at radius 3 is 2.69 bits per heavy atom. The molecule has 1 saturated carbocycles. The Labute approximate surface area is 95.3 Å². The zero-order chi connectivity index (χ0) is 11.4. The molecular formula is C13H15NO2. The zero-order valence-electron chi connectivity index (χ0n) is 9.15. The molecule has 1 aliphatic rings. The molecule has 0 bridgehead atoms. The van der Waals surface area contributed by atoms with Crippen LogP contribution in [0.2, 0.25) is 0 Å². The summed E-state index contributed by atoms with van der Waals surface area (Å²) in [6, 6.07) is 9.18. The van der Waals surface area contributed by atoms with Gasteiger partial charge in [0.05, 0.1) is 11.2 Å². The monoisotopic (exact) mass is 217 g/mol. The quantitative estimate of drug-likeness (QED) is 0.844. The summed E-state index contributed by atoms with van der Waals surface area (Å²) in [7, 11) is 0. The third-order valence-electron chi connectivity index (χ3n) is 3.04. The highest BCUT2D eigenvalue weighted by atomic mass is 16.5. The number of nitrogens with zero attached hydrogens (tertiary/aromatic N) is 1. The molecule has 3 heteroatoms. The molecule has 0 atom stereocenters. The van der Waals surface area contributed by atoms with Gasteiger partial charge in [-0.2, -0.15) is 5.26 Å². The van der Waals surface area contributed by atoms with E-state index in [1.165, 1.54) is 0 Å². The molecule has 1 N–H and O–H groups in total. The molecule has 1 aromatic carbocycles. The van der Waals surface area contributed by atoms with Crippen molar-refractivity contribution in [2.24, 2.45) is 0 Å². The molecule has 84 valence electrons. The van der Waals surface area contributed by atoms with Gasteiger partial charge in [0.2, 0.25) is 0 Å². The number of rotatable bonds is 3. The van der Waals surface area contributed by atoms with Gasteiger partial charge in [-0.1, -0.05) is 25.0 Å². The second kappa shape index (κ2) is 4.54. The molecule has 1 fully saturated rings. The number of nitriles is 1. The average molecular weight is 217 g/mol. The van der Waals surface area contributed by atoms with Crippen molar-refractivity contribution in [2.75, 3.05) is 6.61 Å². The van der Waals surface area contributed by atoms with Crippen LogP contribution in [0.4, 0.5) is 0 Å². The minimum absolute atomic E-state index is 0.283. The largest absolute Gasteiger partial charge is 0.489 e. The molecule has 0 aromatic heterocycles. The Balaban J connectivity index is 2.02. The molecule has 1 aliphatic carbocycles. The molecule has 0 saturated heterocycles. The lowest BCUT2D eigenvalue weighted by Gasteiger charge is -2.22. The summed E-state index contributed by atoms with van der Waals surface area (Å²) in [5.74, 6) is 0.560. The number of hydrogen-bond donors (Lipinski definition) is 1. The molecule has 0 amide bonds. The molecular weight excluding hydrogens is 202 g/mol. The first-order valence-electron chi connectivity index (χ1n) is 5.58. The highest BCUT2D eigenvalue weighted by molar-refractivity contribution is 5.42. The summed E-state index contributed by atoms with van der Waals surface area (Å²) in [6.07, 6.45) is 3.70. The van der Waals surface area contributed by atoms with Crippen LogP contribution in [0.5, 0.6) is 5.75 Å². The molecule has 0 radical (unpaired) electrons. The normalized spacial score (nSPS) is 18.0. The highest BCUT2D eigenvalue weighted by Crippen LogP contribution is 2.30. The Bertz CT molecular complexity index is 403. The standard InChI is InChI=1S/C13H15NO2/c14-9-11-5-1-2-6-12(11)16-10-13(15)7-3-4-8-13/h1-2,5-6,15H,3-4,7-8,10H2. The second-order valence-electron chi connectivity index (χ2n) is 4.33. The van der Waals surface area contributed by atoms with Crippen molar-refractivity contribution in [2.45, 2.75) is 31.3 Å². The number of para-hydroxylation sites is 1. The number of benzene rings is 1. The van der Waals surface area contributed by atoms with E-state index in [4.69, 9.17) is 10.00 Å². The summed E-state index contributed by atoms with van der Waals surface area (Å²) in [4.78, 5) is 0. The van der Waals surface area contributed by atoms with Gasteiger partial charge in [-0.3, -0.25) is 0 Å². The van der Waals surface area contributed by atoms with Gasteiger partial charge in [0.15, 0.2) is 0 Å². The average Bonchev–Trinajstić information content (AvgIpc) is 2.74. The van der Waals surface area contributed by atoms with E-state index >= 15 is 0 Å². The van der Waals surface area contributed by atoms with Gasteiger partial charge in [-0.15, -0.1) is 0 Å². The second-order valence-corrected chi connectivity index (χ2v) is 4.33. The Kier molecular flexibility index (Phi) is 3.12. The fourth-order valence-corrected chi connectivity index (χ4v) is 2.07. The van der Waals surface area contributed by atoms with Gasteiger partial charge < -0.3 is 9.84 Å². The molecule has 2 rings (SSSR count). The van der Waals surface area contributed by atoms with E-state index in [0.717, 1.165) is 25.7 Å². The lowest BCUT2D eigenvalue weighted by molar-refractivity contribution is 0.00133. The minimum Gasteiger partial charge on any atom is -0.489 e. The molecule has 3 nitrogen and oxygen atoms in total. The highest BCUT2D eigenvalue weighted by Gasteiger charge is 2.32. The molecule has 1 aromatic rings. The van der Waals surface area contributed by atoms with Crippen LogP contribution >= 0.6 is 0 Å². The van der Waals surface area contributed by atoms with Crippen LogP contribution in [0.15, 0.2) is 24.3 Å². The molecule has 0 spiro atoms. The Hall–Kier alpha value is -1.53. The smallest absolute Gasteiger partial charge is 0.137 e. The van der Waals surface area contributed by atoms with Crippen molar-refractivity contribution in [1.82, 2.24) is 0 Å². The van der Waals surface area contributed by atoms with Gasteiger partial charge in [-0.05, 0) is 25.0 Å². The van der Waals surface area contributed by atoms with Crippen molar-refractivity contribution in [3.63, 3.8) is 0 Å². The first-order chi connectivity index (χ1) is 7.73. The summed E-state index contributed by atoms with van der Waals surface area (Å²) >= 11 is 0. The van der Waals surface area contributed by atoms with Crippen molar-refractivity contribution in [3.8, 4) is 11.8 Å². The summed E-state index contributed by atoms with van der Waals surface area (Å²) in [5, 5.41) is 19.0. The van der Waals surface area contributed by atoms with Crippen molar-refractivity contribution in [3.05, 3.63) is 29.8 Å². The summed E-state index contributed by atoms with van der Waals surface area (Å²) in [5.41, 5.74) is -0.174. The Morgan fingerprint density at radius 1 is 1.31 bits per heavy atom. The van der Waals surface area contributed by atoms with E-state index in [1.807, 2.05) is 6.07 Å². The van der Waals surface area contributed by atoms with Gasteiger partial charge in [0.25, 0.3) is 0 Å². The number of ether oxygens (including phenoxy) is 1. The third kappa shape index (κ3) is 2.34. The maximum Gasteiger partial charge on any atom is 0.137 e. The SMILES string of the molecule is N#Cc1ccccc1OCC1(O)CCCC1. The summed E-state index contributed by atoms with van der Waals surface area (Å²) < 4.78 is 5.54. The molecule has 0 aliphatic heterocycles. The predicted octanol–water partition coefficient (Wildman–Crippen LogP) is 2.24. The van der Waals surface area contributed by atoms with Crippen LogP contribution in [0.3, 0.4) is 0 Å².